The zero-order chi connectivity index (χ0) is 7.40. The van der Waals surface area contributed by atoms with Gasteiger partial charge in [0.2, 0.25) is 0 Å². The van der Waals surface area contributed by atoms with Crippen molar-refractivity contribution < 1.29 is 14.3 Å². The first kappa shape index (κ1) is 7.12. The van der Waals surface area contributed by atoms with Gasteiger partial charge in [-0.25, -0.2) is 0 Å². The molecule has 0 radical (unpaired) electrons. The van der Waals surface area contributed by atoms with Crippen molar-refractivity contribution in [2.75, 3.05) is 6.61 Å². The fourth-order valence-electron chi connectivity index (χ4n) is 0.823. The highest BCUT2D eigenvalue weighted by Crippen LogP contribution is 2.06. The molecule has 0 amide bonds. The molecule has 1 unspecified atom stereocenters. The Morgan fingerprint density at radius 1 is 1.80 bits per heavy atom. The van der Waals surface area contributed by atoms with Gasteiger partial charge in [0.25, 0.3) is 0 Å². The third kappa shape index (κ3) is 2.09. The maximum atomic E-state index is 10.4. The van der Waals surface area contributed by atoms with Gasteiger partial charge >= 0.3 is 5.97 Å². The number of ether oxygens (including phenoxy) is 2. The van der Waals surface area contributed by atoms with E-state index < -0.39 is 0 Å². The first-order valence-electron chi connectivity index (χ1n) is 3.23. The van der Waals surface area contributed by atoms with Gasteiger partial charge in [-0.2, -0.15) is 0 Å². The van der Waals surface area contributed by atoms with Crippen LogP contribution in [0.3, 0.4) is 0 Å². The molecular formula is C7H10O3. The monoisotopic (exact) mass is 142 g/mol. The van der Waals surface area contributed by atoms with E-state index in [1.54, 1.807) is 6.26 Å². The van der Waals surface area contributed by atoms with Crippen LogP contribution in [0.25, 0.3) is 0 Å². The van der Waals surface area contributed by atoms with E-state index in [1.807, 2.05) is 6.08 Å². The molecule has 0 saturated carbocycles. The molecule has 0 spiro atoms. The van der Waals surface area contributed by atoms with Crippen molar-refractivity contribution in [3.63, 3.8) is 0 Å². The van der Waals surface area contributed by atoms with Gasteiger partial charge in [0.1, 0.15) is 12.7 Å². The molecule has 0 aromatic carbocycles. The van der Waals surface area contributed by atoms with Crippen molar-refractivity contribution in [3.05, 3.63) is 12.3 Å². The number of carbonyl (C=O) groups excluding carboxylic acids is 1. The smallest absolute Gasteiger partial charge is 0.303 e. The molecule has 56 valence electrons. The van der Waals surface area contributed by atoms with Crippen LogP contribution in [-0.2, 0) is 14.3 Å². The predicted molar refractivity (Wildman–Crippen MR) is 35.3 cm³/mol. The Morgan fingerprint density at radius 3 is 3.10 bits per heavy atom. The molecule has 0 fully saturated rings. The molecule has 3 nitrogen and oxygen atoms in total. The third-order valence-corrected chi connectivity index (χ3v) is 1.21. The summed E-state index contributed by atoms with van der Waals surface area (Å²) in [5, 5.41) is 0. The summed E-state index contributed by atoms with van der Waals surface area (Å²) in [6.07, 6.45) is 4.15. The van der Waals surface area contributed by atoms with E-state index >= 15 is 0 Å². The van der Waals surface area contributed by atoms with Crippen LogP contribution >= 0.6 is 0 Å². The van der Waals surface area contributed by atoms with Crippen LogP contribution in [0.2, 0.25) is 0 Å². The van der Waals surface area contributed by atoms with E-state index in [9.17, 15) is 4.79 Å². The third-order valence-electron chi connectivity index (χ3n) is 1.21. The number of carbonyl (C=O) groups is 1. The quantitative estimate of drug-likeness (QED) is 0.509. The Balaban J connectivity index is 2.28. The van der Waals surface area contributed by atoms with Gasteiger partial charge in [0.05, 0.1) is 6.26 Å². The average Bonchev–Trinajstić information content (AvgIpc) is 1.88. The lowest BCUT2D eigenvalue weighted by atomic mass is 10.2. The van der Waals surface area contributed by atoms with Crippen LogP contribution in [0.4, 0.5) is 0 Å². The minimum Gasteiger partial charge on any atom is -0.498 e. The Hall–Kier alpha value is -0.990. The highest BCUT2D eigenvalue weighted by Gasteiger charge is 2.12. The summed E-state index contributed by atoms with van der Waals surface area (Å²) < 4.78 is 9.80. The highest BCUT2D eigenvalue weighted by atomic mass is 16.6. The van der Waals surface area contributed by atoms with E-state index in [0.29, 0.717) is 6.61 Å². The van der Waals surface area contributed by atoms with E-state index in [1.165, 1.54) is 6.92 Å². The summed E-state index contributed by atoms with van der Waals surface area (Å²) >= 11 is 0. The van der Waals surface area contributed by atoms with Crippen LogP contribution in [0.5, 0.6) is 0 Å². The maximum absolute atomic E-state index is 10.4. The molecule has 10 heavy (non-hydrogen) atoms. The normalized spacial score (nSPS) is 23.5. The van der Waals surface area contributed by atoms with Crippen molar-refractivity contribution in [2.45, 2.75) is 19.4 Å². The molecule has 3 heteroatoms. The summed E-state index contributed by atoms with van der Waals surface area (Å²) in [7, 11) is 0. The number of hydrogen-bond acceptors (Lipinski definition) is 3. The zero-order valence-electron chi connectivity index (χ0n) is 5.87. The molecule has 0 aromatic rings. The molecule has 1 atom stereocenters. The van der Waals surface area contributed by atoms with Gasteiger partial charge in [-0.05, 0) is 6.08 Å². The van der Waals surface area contributed by atoms with Gasteiger partial charge in [0.15, 0.2) is 0 Å². The minimum atomic E-state index is -0.246. The second-order valence-electron chi connectivity index (χ2n) is 2.17. The summed E-state index contributed by atoms with van der Waals surface area (Å²) in [5.74, 6) is -0.246. The minimum absolute atomic E-state index is 0.0810. The van der Waals surface area contributed by atoms with Crippen LogP contribution in [0.15, 0.2) is 12.3 Å². The molecule has 0 saturated heterocycles. The molecule has 1 heterocycles. The second kappa shape index (κ2) is 3.25. The Morgan fingerprint density at radius 2 is 2.60 bits per heavy atom. The van der Waals surface area contributed by atoms with Crippen LogP contribution in [-0.4, -0.2) is 18.7 Å². The summed E-state index contributed by atoms with van der Waals surface area (Å²) in [4.78, 5) is 10.4. The SMILES string of the molecule is CC(=O)OC1CC=COC1. The van der Waals surface area contributed by atoms with Crippen LogP contribution < -0.4 is 0 Å². The molecule has 1 aliphatic rings. The van der Waals surface area contributed by atoms with Crippen molar-refractivity contribution in [1.82, 2.24) is 0 Å². The molecule has 0 aliphatic carbocycles. The first-order chi connectivity index (χ1) is 4.79. The summed E-state index contributed by atoms with van der Waals surface area (Å²) in [6.45, 7) is 1.88. The lowest BCUT2D eigenvalue weighted by Crippen LogP contribution is -2.22. The summed E-state index contributed by atoms with van der Waals surface area (Å²) in [6, 6.07) is 0. The highest BCUT2D eigenvalue weighted by molar-refractivity contribution is 5.66. The van der Waals surface area contributed by atoms with E-state index in [-0.39, 0.29) is 12.1 Å². The van der Waals surface area contributed by atoms with Gasteiger partial charge in [-0.1, -0.05) is 0 Å². The summed E-state index contributed by atoms with van der Waals surface area (Å²) in [5.41, 5.74) is 0. The molecule has 1 rings (SSSR count). The van der Waals surface area contributed by atoms with Crippen molar-refractivity contribution >= 4 is 5.97 Å². The fourth-order valence-corrected chi connectivity index (χ4v) is 0.823. The zero-order valence-corrected chi connectivity index (χ0v) is 5.87. The Kier molecular flexibility index (Phi) is 2.31. The Bertz CT molecular complexity index is 151. The lowest BCUT2D eigenvalue weighted by Gasteiger charge is -2.17. The Labute approximate surface area is 59.6 Å². The molecular weight excluding hydrogens is 132 g/mol. The van der Waals surface area contributed by atoms with E-state index in [2.05, 4.69) is 0 Å². The lowest BCUT2D eigenvalue weighted by molar-refractivity contribution is -0.148. The molecule has 0 N–H and O–H groups in total. The number of hydrogen-bond donors (Lipinski definition) is 0. The number of esters is 1. The largest absolute Gasteiger partial charge is 0.498 e. The van der Waals surface area contributed by atoms with E-state index in [0.717, 1.165) is 6.42 Å². The van der Waals surface area contributed by atoms with Gasteiger partial charge in [-0.15, -0.1) is 0 Å². The standard InChI is InChI=1S/C7H10O3/c1-6(8)10-7-3-2-4-9-5-7/h2,4,7H,3,5H2,1H3. The van der Waals surface area contributed by atoms with Crippen molar-refractivity contribution in [3.8, 4) is 0 Å². The molecule has 0 aromatic heterocycles. The van der Waals surface area contributed by atoms with Crippen LogP contribution in [0.1, 0.15) is 13.3 Å². The average molecular weight is 142 g/mol. The topological polar surface area (TPSA) is 35.5 Å². The maximum Gasteiger partial charge on any atom is 0.303 e. The molecule has 1 aliphatic heterocycles. The first-order valence-corrected chi connectivity index (χ1v) is 3.23. The fraction of sp³-hybridized carbons (Fsp3) is 0.571. The van der Waals surface area contributed by atoms with Crippen molar-refractivity contribution in [2.24, 2.45) is 0 Å². The predicted octanol–water partition coefficient (Wildman–Crippen LogP) is 0.852. The van der Waals surface area contributed by atoms with Crippen molar-refractivity contribution in [1.29, 1.82) is 0 Å². The van der Waals surface area contributed by atoms with E-state index in [4.69, 9.17) is 9.47 Å². The van der Waals surface area contributed by atoms with Gasteiger partial charge in [0, 0.05) is 13.3 Å². The van der Waals surface area contributed by atoms with Crippen LogP contribution in [0, 0.1) is 0 Å². The second-order valence-corrected chi connectivity index (χ2v) is 2.17. The van der Waals surface area contributed by atoms with Gasteiger partial charge < -0.3 is 9.47 Å². The number of rotatable bonds is 1. The van der Waals surface area contributed by atoms with Gasteiger partial charge in [-0.3, -0.25) is 4.79 Å². The molecule has 0 bridgehead atoms.